The quantitative estimate of drug-likeness (QED) is 0.898. The van der Waals surface area contributed by atoms with Gasteiger partial charge in [-0.2, -0.15) is 0 Å². The summed E-state index contributed by atoms with van der Waals surface area (Å²) in [4.78, 5) is 5.35. The van der Waals surface area contributed by atoms with Crippen molar-refractivity contribution in [2.45, 2.75) is 44.9 Å². The van der Waals surface area contributed by atoms with Crippen LogP contribution < -0.4 is 0 Å². The van der Waals surface area contributed by atoms with Gasteiger partial charge in [-0.05, 0) is 44.9 Å². The molecule has 3 heterocycles. The standard InChI is InChI=1S/C15H23N5O/c1-12(2)20-10-14(17-18-20)15(21)5-3-7-19(11-15)9-13-4-6-16-8-13/h4,6,8,10,12,16,21H,3,5,7,9,11H2,1-2H3. The highest BCUT2D eigenvalue weighted by Crippen LogP contribution is 2.31. The molecule has 1 fully saturated rings. The van der Waals surface area contributed by atoms with Gasteiger partial charge in [0.25, 0.3) is 0 Å². The lowest BCUT2D eigenvalue weighted by atomic mass is 9.90. The first-order valence-corrected chi connectivity index (χ1v) is 7.55. The van der Waals surface area contributed by atoms with Crippen LogP contribution in [0, 0.1) is 0 Å². The molecule has 2 aromatic heterocycles. The van der Waals surface area contributed by atoms with Gasteiger partial charge in [-0.25, -0.2) is 4.68 Å². The van der Waals surface area contributed by atoms with Crippen LogP contribution in [0.2, 0.25) is 0 Å². The summed E-state index contributed by atoms with van der Waals surface area (Å²) in [6, 6.07) is 2.33. The summed E-state index contributed by atoms with van der Waals surface area (Å²) in [6.45, 7) is 6.58. The number of aliphatic hydroxyl groups is 1. The minimum absolute atomic E-state index is 0.259. The third-order valence-corrected chi connectivity index (χ3v) is 4.13. The van der Waals surface area contributed by atoms with E-state index in [0.717, 1.165) is 25.9 Å². The predicted octanol–water partition coefficient (Wildman–Crippen LogP) is 1.67. The number of likely N-dealkylation sites (tertiary alicyclic amines) is 1. The molecule has 2 N–H and O–H groups in total. The number of aromatic nitrogens is 4. The van der Waals surface area contributed by atoms with E-state index in [1.54, 1.807) is 4.68 Å². The molecule has 0 saturated carbocycles. The maximum absolute atomic E-state index is 11.0. The monoisotopic (exact) mass is 289 g/mol. The molecule has 1 unspecified atom stereocenters. The average Bonchev–Trinajstić information content (AvgIpc) is 3.09. The van der Waals surface area contributed by atoms with Crippen LogP contribution >= 0.6 is 0 Å². The van der Waals surface area contributed by atoms with Crippen LogP contribution in [0.4, 0.5) is 0 Å². The number of hydrogen-bond acceptors (Lipinski definition) is 4. The highest BCUT2D eigenvalue weighted by molar-refractivity contribution is 5.12. The Morgan fingerprint density at radius 2 is 2.33 bits per heavy atom. The Kier molecular flexibility index (Phi) is 3.82. The SMILES string of the molecule is CC(C)n1cc(C2(O)CCCN(Cc3cc[nH]c3)C2)nn1. The summed E-state index contributed by atoms with van der Waals surface area (Å²) in [5.74, 6) is 0. The van der Waals surface area contributed by atoms with Crippen LogP contribution in [-0.2, 0) is 12.1 Å². The normalized spacial score (nSPS) is 23.8. The fraction of sp³-hybridized carbons (Fsp3) is 0.600. The minimum Gasteiger partial charge on any atom is -0.382 e. The number of H-pyrrole nitrogens is 1. The van der Waals surface area contributed by atoms with E-state index in [0.29, 0.717) is 12.2 Å². The lowest BCUT2D eigenvalue weighted by Crippen LogP contribution is -2.45. The molecule has 1 saturated heterocycles. The van der Waals surface area contributed by atoms with E-state index in [2.05, 4.69) is 40.1 Å². The highest BCUT2D eigenvalue weighted by Gasteiger charge is 2.37. The second-order valence-electron chi connectivity index (χ2n) is 6.24. The number of β-amino-alcohol motifs (C(OH)–C–C–N with tert-alkyl or cyclic N) is 1. The highest BCUT2D eigenvalue weighted by atomic mass is 16.3. The Balaban J connectivity index is 1.73. The van der Waals surface area contributed by atoms with Crippen molar-refractivity contribution in [3.63, 3.8) is 0 Å². The van der Waals surface area contributed by atoms with Gasteiger partial charge in [-0.15, -0.1) is 5.10 Å². The Labute approximate surface area is 124 Å². The van der Waals surface area contributed by atoms with Crippen molar-refractivity contribution in [3.05, 3.63) is 35.9 Å². The van der Waals surface area contributed by atoms with E-state index in [1.165, 1.54) is 5.56 Å². The molecule has 0 radical (unpaired) electrons. The van der Waals surface area contributed by atoms with Gasteiger partial charge in [0, 0.05) is 31.5 Å². The second kappa shape index (κ2) is 5.61. The zero-order valence-corrected chi connectivity index (χ0v) is 12.7. The number of nitrogens with zero attached hydrogens (tertiary/aromatic N) is 4. The molecule has 1 aliphatic rings. The van der Waals surface area contributed by atoms with E-state index >= 15 is 0 Å². The summed E-state index contributed by atoms with van der Waals surface area (Å²) in [5, 5.41) is 19.3. The summed E-state index contributed by atoms with van der Waals surface area (Å²) in [6.07, 6.45) is 7.52. The lowest BCUT2D eigenvalue weighted by Gasteiger charge is -2.37. The number of piperidine rings is 1. The molecule has 1 aliphatic heterocycles. The Morgan fingerprint density at radius 3 is 3.00 bits per heavy atom. The number of aromatic amines is 1. The predicted molar refractivity (Wildman–Crippen MR) is 79.6 cm³/mol. The van der Waals surface area contributed by atoms with Crippen molar-refractivity contribution in [1.29, 1.82) is 0 Å². The smallest absolute Gasteiger partial charge is 0.123 e. The van der Waals surface area contributed by atoms with Crippen LogP contribution in [0.15, 0.2) is 24.7 Å². The van der Waals surface area contributed by atoms with Gasteiger partial charge < -0.3 is 10.1 Å². The van der Waals surface area contributed by atoms with E-state index in [9.17, 15) is 5.11 Å². The molecule has 0 bridgehead atoms. The molecule has 0 aromatic carbocycles. The van der Waals surface area contributed by atoms with Crippen molar-refractivity contribution >= 4 is 0 Å². The molecule has 0 amide bonds. The lowest BCUT2D eigenvalue weighted by molar-refractivity contribution is -0.0414. The fourth-order valence-corrected chi connectivity index (χ4v) is 2.92. The number of nitrogens with one attached hydrogen (secondary N) is 1. The van der Waals surface area contributed by atoms with Crippen molar-refractivity contribution in [2.75, 3.05) is 13.1 Å². The average molecular weight is 289 g/mol. The maximum Gasteiger partial charge on any atom is 0.123 e. The molecule has 21 heavy (non-hydrogen) atoms. The van der Waals surface area contributed by atoms with E-state index < -0.39 is 5.60 Å². The summed E-state index contributed by atoms with van der Waals surface area (Å²) < 4.78 is 1.80. The van der Waals surface area contributed by atoms with Crippen LogP contribution in [0.5, 0.6) is 0 Å². The van der Waals surface area contributed by atoms with Crippen molar-refractivity contribution in [2.24, 2.45) is 0 Å². The molecule has 114 valence electrons. The van der Waals surface area contributed by atoms with Crippen molar-refractivity contribution < 1.29 is 5.11 Å². The maximum atomic E-state index is 11.0. The molecule has 0 spiro atoms. The van der Waals surface area contributed by atoms with Crippen LogP contribution in [0.25, 0.3) is 0 Å². The van der Waals surface area contributed by atoms with Gasteiger partial charge in [0.1, 0.15) is 11.3 Å². The van der Waals surface area contributed by atoms with Gasteiger partial charge in [0.15, 0.2) is 0 Å². The third kappa shape index (κ3) is 3.01. The van der Waals surface area contributed by atoms with Gasteiger partial charge in [0.2, 0.25) is 0 Å². The molecule has 2 aromatic rings. The topological polar surface area (TPSA) is 70.0 Å². The van der Waals surface area contributed by atoms with Crippen LogP contribution in [-0.4, -0.2) is 43.1 Å². The third-order valence-electron chi connectivity index (χ3n) is 4.13. The van der Waals surface area contributed by atoms with Gasteiger partial charge in [0.05, 0.1) is 6.20 Å². The molecule has 6 heteroatoms. The summed E-state index contributed by atoms with van der Waals surface area (Å²) in [5.41, 5.74) is 1.04. The van der Waals surface area contributed by atoms with Gasteiger partial charge in [-0.3, -0.25) is 4.90 Å². The molecular weight excluding hydrogens is 266 g/mol. The van der Waals surface area contributed by atoms with E-state index in [4.69, 9.17) is 0 Å². The minimum atomic E-state index is -0.887. The van der Waals surface area contributed by atoms with Gasteiger partial charge >= 0.3 is 0 Å². The molecular formula is C15H23N5O. The zero-order chi connectivity index (χ0) is 14.9. The Bertz CT molecular complexity index is 577. The zero-order valence-electron chi connectivity index (χ0n) is 12.7. The van der Waals surface area contributed by atoms with Gasteiger partial charge in [-0.1, -0.05) is 5.21 Å². The van der Waals surface area contributed by atoms with Crippen molar-refractivity contribution in [1.82, 2.24) is 24.9 Å². The fourth-order valence-electron chi connectivity index (χ4n) is 2.92. The molecule has 3 rings (SSSR count). The molecule has 6 nitrogen and oxygen atoms in total. The second-order valence-corrected chi connectivity index (χ2v) is 6.24. The van der Waals surface area contributed by atoms with Crippen LogP contribution in [0.3, 0.4) is 0 Å². The first-order chi connectivity index (χ1) is 10.1. The van der Waals surface area contributed by atoms with E-state index in [1.807, 2.05) is 18.6 Å². The first kappa shape index (κ1) is 14.3. The molecule has 0 aliphatic carbocycles. The Morgan fingerprint density at radius 1 is 1.48 bits per heavy atom. The Hall–Kier alpha value is -1.66. The summed E-state index contributed by atoms with van der Waals surface area (Å²) >= 11 is 0. The number of hydrogen-bond donors (Lipinski definition) is 2. The molecule has 1 atom stereocenters. The first-order valence-electron chi connectivity index (χ1n) is 7.55. The van der Waals surface area contributed by atoms with Crippen LogP contribution in [0.1, 0.15) is 44.0 Å². The number of rotatable bonds is 4. The summed E-state index contributed by atoms with van der Waals surface area (Å²) in [7, 11) is 0. The largest absolute Gasteiger partial charge is 0.382 e. The van der Waals surface area contributed by atoms with E-state index in [-0.39, 0.29) is 6.04 Å². The van der Waals surface area contributed by atoms with Crippen molar-refractivity contribution in [3.8, 4) is 0 Å².